The zero-order valence-electron chi connectivity index (χ0n) is 37.8. The summed E-state index contributed by atoms with van der Waals surface area (Å²) in [6.07, 6.45) is 10.8. The maximum absolute atomic E-state index is 12.8. The second-order valence-corrected chi connectivity index (χ2v) is 18.8. The highest BCUT2D eigenvalue weighted by molar-refractivity contribution is 5.81. The lowest BCUT2D eigenvalue weighted by Crippen LogP contribution is -2.40. The average molecular weight is 795 g/mol. The van der Waals surface area contributed by atoms with Gasteiger partial charge in [-0.25, -0.2) is 0 Å². The van der Waals surface area contributed by atoms with Gasteiger partial charge in [0.25, 0.3) is 0 Å². The van der Waals surface area contributed by atoms with Gasteiger partial charge >= 0.3 is 23.9 Å². The molecule has 10 heteroatoms. The second kappa shape index (κ2) is 25.8. The third kappa shape index (κ3) is 21.9. The fourth-order valence-electron chi connectivity index (χ4n) is 7.60. The van der Waals surface area contributed by atoms with E-state index in [1.165, 1.54) is 0 Å². The van der Waals surface area contributed by atoms with E-state index in [1.54, 1.807) is 0 Å². The minimum atomic E-state index is -0.556. The molecule has 0 aromatic rings. The van der Waals surface area contributed by atoms with Gasteiger partial charge in [0.1, 0.15) is 23.4 Å². The summed E-state index contributed by atoms with van der Waals surface area (Å²) in [5, 5.41) is 0. The summed E-state index contributed by atoms with van der Waals surface area (Å²) in [5.74, 6) is -1.02. The van der Waals surface area contributed by atoms with E-state index in [0.29, 0.717) is 43.8 Å². The van der Waals surface area contributed by atoms with Crippen molar-refractivity contribution < 1.29 is 47.6 Å². The number of hydrogen-bond acceptors (Lipinski definition) is 10. The van der Waals surface area contributed by atoms with Crippen LogP contribution in [0.3, 0.4) is 0 Å². The van der Waals surface area contributed by atoms with Gasteiger partial charge in [-0.1, -0.05) is 78.4 Å². The summed E-state index contributed by atoms with van der Waals surface area (Å²) in [7, 11) is 0. The molecule has 0 N–H and O–H groups in total. The first-order chi connectivity index (χ1) is 26.1. The molecular weight excluding hydrogens is 712 g/mol. The third-order valence-electron chi connectivity index (χ3n) is 10.0. The molecule has 0 amide bonds. The van der Waals surface area contributed by atoms with Crippen molar-refractivity contribution in [3.8, 4) is 0 Å². The van der Waals surface area contributed by atoms with Gasteiger partial charge in [0, 0.05) is 6.61 Å². The Balaban J connectivity index is 0.000000560. The topological polar surface area (TPSA) is 124 Å². The number of cyclic esters (lactones) is 2. The zero-order valence-corrected chi connectivity index (χ0v) is 37.8. The van der Waals surface area contributed by atoms with Gasteiger partial charge in [0.05, 0.1) is 43.5 Å². The molecule has 0 radical (unpaired) electrons. The Labute approximate surface area is 341 Å². The van der Waals surface area contributed by atoms with Crippen LogP contribution in [0.5, 0.6) is 0 Å². The fraction of sp³-hybridized carbons (Fsp3) is 0.870. The SMILES string of the molecule is C=C(C)CO[C@@H]1[C@@H](CCC)CCCC[C@H](CC(=O)OC(C)(C)C)C(=O)O[C@H]1C.CCC[C@H]1CCCC[C@H](CC(=O)OC(C)(C)C)C(=O)O[C@@H](C)[C@@H]1OCC(C)C. The zero-order chi connectivity index (χ0) is 42.6. The van der Waals surface area contributed by atoms with Crippen LogP contribution in [0.15, 0.2) is 12.2 Å². The van der Waals surface area contributed by atoms with Gasteiger partial charge in [-0.05, 0) is 119 Å². The number of carbonyl (C=O) groups is 4. The first-order valence-electron chi connectivity index (χ1n) is 21.8. The van der Waals surface area contributed by atoms with Crippen molar-refractivity contribution in [2.45, 2.75) is 216 Å². The molecule has 0 aromatic heterocycles. The first kappa shape index (κ1) is 51.6. The smallest absolute Gasteiger partial charge is 0.309 e. The summed E-state index contributed by atoms with van der Waals surface area (Å²) in [5.41, 5.74) is -0.152. The Morgan fingerprint density at radius 3 is 1.41 bits per heavy atom. The first-order valence-corrected chi connectivity index (χ1v) is 21.8. The van der Waals surface area contributed by atoms with Gasteiger partial charge in [-0.2, -0.15) is 0 Å². The van der Waals surface area contributed by atoms with Crippen LogP contribution < -0.4 is 0 Å². The van der Waals surface area contributed by atoms with Crippen LogP contribution in [0.2, 0.25) is 0 Å². The van der Waals surface area contributed by atoms with E-state index in [2.05, 4.69) is 34.3 Å². The molecular formula is C46H82O10. The lowest BCUT2D eigenvalue weighted by atomic mass is 9.86. The molecule has 2 aliphatic heterocycles. The summed E-state index contributed by atoms with van der Waals surface area (Å²) in [6.45, 7) is 30.4. The molecule has 326 valence electrons. The molecule has 0 bridgehead atoms. The number of ether oxygens (including phenoxy) is 6. The number of rotatable bonds is 14. The monoisotopic (exact) mass is 795 g/mol. The summed E-state index contributed by atoms with van der Waals surface area (Å²) >= 11 is 0. The Kier molecular flexibility index (Phi) is 23.8. The van der Waals surface area contributed by atoms with Crippen LogP contribution in [-0.4, -0.2) is 72.7 Å². The number of esters is 4. The van der Waals surface area contributed by atoms with Crippen molar-refractivity contribution in [2.24, 2.45) is 29.6 Å². The van der Waals surface area contributed by atoms with Crippen molar-refractivity contribution in [2.75, 3.05) is 13.2 Å². The molecule has 0 saturated carbocycles. The Bertz CT molecular complexity index is 1180. The van der Waals surface area contributed by atoms with E-state index in [4.69, 9.17) is 28.4 Å². The molecule has 0 aliphatic carbocycles. The summed E-state index contributed by atoms with van der Waals surface area (Å²) in [6, 6.07) is 0. The van der Waals surface area contributed by atoms with E-state index in [-0.39, 0.29) is 61.1 Å². The highest BCUT2D eigenvalue weighted by Gasteiger charge is 2.36. The van der Waals surface area contributed by atoms with Crippen LogP contribution in [0.25, 0.3) is 0 Å². The van der Waals surface area contributed by atoms with E-state index >= 15 is 0 Å². The molecule has 2 fully saturated rings. The molecule has 10 nitrogen and oxygen atoms in total. The largest absolute Gasteiger partial charge is 0.460 e. The van der Waals surface area contributed by atoms with Crippen molar-refractivity contribution in [3.63, 3.8) is 0 Å². The quantitative estimate of drug-likeness (QED) is 0.0953. The van der Waals surface area contributed by atoms with Crippen molar-refractivity contribution >= 4 is 23.9 Å². The second-order valence-electron chi connectivity index (χ2n) is 18.8. The molecule has 56 heavy (non-hydrogen) atoms. The van der Waals surface area contributed by atoms with Crippen LogP contribution in [0, 0.1) is 29.6 Å². The van der Waals surface area contributed by atoms with Crippen molar-refractivity contribution in [1.29, 1.82) is 0 Å². The maximum atomic E-state index is 12.8. The minimum absolute atomic E-state index is 0.0680. The molecule has 0 unspecified atom stereocenters. The van der Waals surface area contributed by atoms with Crippen LogP contribution >= 0.6 is 0 Å². The molecule has 0 aromatic carbocycles. The molecule has 2 saturated heterocycles. The van der Waals surface area contributed by atoms with Gasteiger partial charge in [-0.15, -0.1) is 0 Å². The van der Waals surface area contributed by atoms with Crippen LogP contribution in [0.4, 0.5) is 0 Å². The Morgan fingerprint density at radius 2 is 1.07 bits per heavy atom. The summed E-state index contributed by atoms with van der Waals surface area (Å²) in [4.78, 5) is 50.0. The van der Waals surface area contributed by atoms with Crippen molar-refractivity contribution in [3.05, 3.63) is 12.2 Å². The van der Waals surface area contributed by atoms with Gasteiger partial charge in [0.2, 0.25) is 0 Å². The molecule has 2 aliphatic rings. The van der Waals surface area contributed by atoms with Crippen molar-refractivity contribution in [1.82, 2.24) is 0 Å². The Hall–Kier alpha value is -2.46. The lowest BCUT2D eigenvalue weighted by molar-refractivity contribution is -0.171. The third-order valence-corrected chi connectivity index (χ3v) is 10.0. The molecule has 2 rings (SSSR count). The average Bonchev–Trinajstić information content (AvgIpc) is 3.05. The molecule has 8 atom stereocenters. The lowest BCUT2D eigenvalue weighted by Gasteiger charge is -2.34. The fourth-order valence-corrected chi connectivity index (χ4v) is 7.60. The van der Waals surface area contributed by atoms with E-state index in [9.17, 15) is 19.2 Å². The number of hydrogen-bond donors (Lipinski definition) is 0. The predicted octanol–water partition coefficient (Wildman–Crippen LogP) is 10.5. The highest BCUT2D eigenvalue weighted by Crippen LogP contribution is 2.32. The molecule has 2 heterocycles. The standard InChI is InChI=1S/C23H42O5.C23H40O5/c2*1-8-11-18-12-9-10-13-19(14-20(24)28-23(5,6)7)22(25)27-17(4)21(18)26-15-16(2)3/h16-19,21H,8-15H2,1-7H3;17-19,21H,2,8-15H2,1,3-7H3/t2*17-,18-,19+,21-/m00/s1. The Morgan fingerprint density at radius 1 is 0.696 bits per heavy atom. The molecule has 0 spiro atoms. The summed E-state index contributed by atoms with van der Waals surface area (Å²) < 4.78 is 34.7. The van der Waals surface area contributed by atoms with E-state index < -0.39 is 23.0 Å². The van der Waals surface area contributed by atoms with E-state index in [0.717, 1.165) is 69.8 Å². The van der Waals surface area contributed by atoms with E-state index in [1.807, 2.05) is 62.3 Å². The van der Waals surface area contributed by atoms with Gasteiger partial charge in [0.15, 0.2) is 0 Å². The van der Waals surface area contributed by atoms with Crippen LogP contribution in [0.1, 0.15) is 180 Å². The maximum Gasteiger partial charge on any atom is 0.309 e. The van der Waals surface area contributed by atoms with Crippen LogP contribution in [-0.2, 0) is 47.6 Å². The highest BCUT2D eigenvalue weighted by atomic mass is 16.6. The van der Waals surface area contributed by atoms with Gasteiger partial charge in [-0.3, -0.25) is 19.2 Å². The number of carbonyl (C=O) groups excluding carboxylic acids is 4. The predicted molar refractivity (Wildman–Crippen MR) is 222 cm³/mol. The minimum Gasteiger partial charge on any atom is -0.460 e. The van der Waals surface area contributed by atoms with Gasteiger partial charge < -0.3 is 28.4 Å². The normalized spacial score (nSPS) is 27.2.